The van der Waals surface area contributed by atoms with Gasteiger partial charge in [0.2, 0.25) is 28.6 Å². The molecule has 0 bridgehead atoms. The predicted octanol–water partition coefficient (Wildman–Crippen LogP) is 3.09. The lowest BCUT2D eigenvalue weighted by atomic mass is 9.95. The van der Waals surface area contributed by atoms with Crippen LogP contribution >= 0.6 is 0 Å². The number of hydrogen-bond donors (Lipinski definition) is 1. The Morgan fingerprint density at radius 3 is 2.43 bits per heavy atom. The van der Waals surface area contributed by atoms with E-state index in [0.29, 0.717) is 23.6 Å². The van der Waals surface area contributed by atoms with Crippen LogP contribution in [0.15, 0.2) is 48.5 Å². The number of rotatable bonds is 10. The zero-order chi connectivity index (χ0) is 26.4. The van der Waals surface area contributed by atoms with Crippen molar-refractivity contribution in [1.29, 1.82) is 0 Å². The van der Waals surface area contributed by atoms with Gasteiger partial charge in [-0.05, 0) is 43.9 Å². The van der Waals surface area contributed by atoms with Crippen molar-refractivity contribution in [2.75, 3.05) is 30.4 Å². The van der Waals surface area contributed by atoms with Gasteiger partial charge in [-0.15, -0.1) is 0 Å². The molecule has 10 heteroatoms. The highest BCUT2D eigenvalue weighted by molar-refractivity contribution is 7.92. The van der Waals surface area contributed by atoms with Crippen molar-refractivity contribution in [3.63, 3.8) is 0 Å². The Morgan fingerprint density at radius 2 is 1.73 bits per heavy atom. The lowest BCUT2D eigenvalue weighted by Gasteiger charge is -2.33. The van der Waals surface area contributed by atoms with E-state index in [1.807, 2.05) is 30.3 Å². The van der Waals surface area contributed by atoms with Crippen molar-refractivity contribution in [2.24, 2.45) is 0 Å². The summed E-state index contributed by atoms with van der Waals surface area (Å²) in [4.78, 5) is 28.3. The van der Waals surface area contributed by atoms with Crippen LogP contribution in [0.2, 0.25) is 0 Å². The van der Waals surface area contributed by atoms with Gasteiger partial charge in [0.25, 0.3) is 0 Å². The van der Waals surface area contributed by atoms with E-state index < -0.39 is 28.5 Å². The number of anilines is 1. The number of benzene rings is 2. The molecule has 2 aromatic carbocycles. The van der Waals surface area contributed by atoms with Crippen LogP contribution in [0.25, 0.3) is 0 Å². The number of carbonyl (C=O) groups excluding carboxylic acids is 2. The van der Waals surface area contributed by atoms with Crippen molar-refractivity contribution in [3.05, 3.63) is 54.1 Å². The third-order valence-electron chi connectivity index (χ3n) is 6.93. The molecule has 2 aromatic rings. The number of nitrogens with zero attached hydrogens (tertiary/aromatic N) is 2. The topological polar surface area (TPSA) is 105 Å². The van der Waals surface area contributed by atoms with Crippen LogP contribution in [0, 0.1) is 0 Å². The first-order valence-corrected chi connectivity index (χ1v) is 14.6. The number of amides is 2. The summed E-state index contributed by atoms with van der Waals surface area (Å²) in [6.07, 6.45) is 6.79. The van der Waals surface area contributed by atoms with Gasteiger partial charge in [0.1, 0.15) is 12.6 Å². The molecule has 1 heterocycles. The highest BCUT2D eigenvalue weighted by atomic mass is 32.2. The van der Waals surface area contributed by atoms with Crippen molar-refractivity contribution < 1.29 is 27.5 Å². The maximum absolute atomic E-state index is 13.7. The summed E-state index contributed by atoms with van der Waals surface area (Å²) in [5.74, 6) is 0.258. The van der Waals surface area contributed by atoms with Gasteiger partial charge in [0, 0.05) is 18.7 Å². The van der Waals surface area contributed by atoms with Gasteiger partial charge in [-0.2, -0.15) is 0 Å². The quantitative estimate of drug-likeness (QED) is 0.507. The minimum Gasteiger partial charge on any atom is -0.454 e. The van der Waals surface area contributed by atoms with Gasteiger partial charge in [-0.1, -0.05) is 49.6 Å². The zero-order valence-corrected chi connectivity index (χ0v) is 22.2. The second kappa shape index (κ2) is 11.9. The van der Waals surface area contributed by atoms with E-state index in [4.69, 9.17) is 9.47 Å². The standard InChI is InChI=1S/C27H35N3O6S/c1-20(27(32)28-22-11-7-4-8-12-22)29(16-15-21-9-5-3-6-10-21)26(31)18-30(37(2,33)34)23-13-14-24-25(17-23)36-19-35-24/h3,5-6,9-10,13-14,17,20,22H,4,7-8,11-12,15-16,18-19H2,1-2H3,(H,28,32)/t20-/m0/s1. The molecule has 1 N–H and O–H groups in total. The highest BCUT2D eigenvalue weighted by Crippen LogP contribution is 2.36. The van der Waals surface area contributed by atoms with E-state index in [0.717, 1.165) is 41.8 Å². The fourth-order valence-electron chi connectivity index (χ4n) is 4.79. The van der Waals surface area contributed by atoms with Gasteiger partial charge in [-0.3, -0.25) is 13.9 Å². The summed E-state index contributed by atoms with van der Waals surface area (Å²) in [6, 6.07) is 13.8. The normalized spacial score (nSPS) is 16.2. The van der Waals surface area contributed by atoms with Gasteiger partial charge in [-0.25, -0.2) is 8.42 Å². The fourth-order valence-corrected chi connectivity index (χ4v) is 5.63. The first-order valence-electron chi connectivity index (χ1n) is 12.7. The number of nitrogens with one attached hydrogen (secondary N) is 1. The van der Waals surface area contributed by atoms with Crippen LogP contribution in [0.4, 0.5) is 5.69 Å². The zero-order valence-electron chi connectivity index (χ0n) is 21.4. The largest absolute Gasteiger partial charge is 0.454 e. The molecule has 37 heavy (non-hydrogen) atoms. The van der Waals surface area contributed by atoms with E-state index >= 15 is 0 Å². The first-order chi connectivity index (χ1) is 17.7. The van der Waals surface area contributed by atoms with Crippen molar-refractivity contribution in [2.45, 2.75) is 57.5 Å². The summed E-state index contributed by atoms with van der Waals surface area (Å²) in [5.41, 5.74) is 1.32. The summed E-state index contributed by atoms with van der Waals surface area (Å²) < 4.78 is 37.2. The molecule has 1 saturated carbocycles. The highest BCUT2D eigenvalue weighted by Gasteiger charge is 2.31. The molecule has 2 amide bonds. The molecule has 1 atom stereocenters. The maximum Gasteiger partial charge on any atom is 0.244 e. The molecule has 4 rings (SSSR count). The SMILES string of the molecule is C[C@@H](C(=O)NC1CCCCC1)N(CCc1ccccc1)C(=O)CN(c1ccc2c(c1)OCO2)S(C)(=O)=O. The molecule has 200 valence electrons. The molecular weight excluding hydrogens is 494 g/mol. The van der Waals surface area contributed by atoms with E-state index in [9.17, 15) is 18.0 Å². The lowest BCUT2D eigenvalue weighted by Crippen LogP contribution is -2.53. The minimum atomic E-state index is -3.81. The van der Waals surface area contributed by atoms with Gasteiger partial charge in [0.15, 0.2) is 11.5 Å². The molecule has 1 fully saturated rings. The molecule has 1 aliphatic heterocycles. The van der Waals surface area contributed by atoms with E-state index in [1.54, 1.807) is 25.1 Å². The van der Waals surface area contributed by atoms with Crippen LogP contribution < -0.4 is 19.1 Å². The molecule has 0 radical (unpaired) electrons. The van der Waals surface area contributed by atoms with E-state index in [1.165, 1.54) is 11.3 Å². The number of ether oxygens (including phenoxy) is 2. The van der Waals surface area contributed by atoms with Crippen LogP contribution in [0.1, 0.15) is 44.6 Å². The van der Waals surface area contributed by atoms with Crippen LogP contribution in [0.3, 0.4) is 0 Å². The average Bonchev–Trinajstić information content (AvgIpc) is 3.36. The third-order valence-corrected chi connectivity index (χ3v) is 8.07. The summed E-state index contributed by atoms with van der Waals surface area (Å²) >= 11 is 0. The van der Waals surface area contributed by atoms with Crippen molar-refractivity contribution in [3.8, 4) is 11.5 Å². The minimum absolute atomic E-state index is 0.0531. The Labute approximate surface area is 218 Å². The third kappa shape index (κ3) is 6.94. The summed E-state index contributed by atoms with van der Waals surface area (Å²) in [7, 11) is -3.81. The lowest BCUT2D eigenvalue weighted by molar-refractivity contribution is -0.139. The molecule has 9 nitrogen and oxygen atoms in total. The van der Waals surface area contributed by atoms with Gasteiger partial charge in [0.05, 0.1) is 11.9 Å². The Morgan fingerprint density at radius 1 is 1.03 bits per heavy atom. The van der Waals surface area contributed by atoms with E-state index in [2.05, 4.69) is 5.32 Å². The van der Waals surface area contributed by atoms with Crippen LogP contribution in [-0.2, 0) is 26.0 Å². The monoisotopic (exact) mass is 529 g/mol. The first kappa shape index (κ1) is 26.8. The molecule has 0 saturated heterocycles. The van der Waals surface area contributed by atoms with Gasteiger partial charge >= 0.3 is 0 Å². The predicted molar refractivity (Wildman–Crippen MR) is 141 cm³/mol. The second-order valence-electron chi connectivity index (χ2n) is 9.65. The molecule has 0 aromatic heterocycles. The molecule has 2 aliphatic rings. The number of carbonyl (C=O) groups is 2. The Kier molecular flexibility index (Phi) is 8.58. The summed E-state index contributed by atoms with van der Waals surface area (Å²) in [5, 5.41) is 3.10. The molecular formula is C27H35N3O6S. The smallest absolute Gasteiger partial charge is 0.244 e. The summed E-state index contributed by atoms with van der Waals surface area (Å²) in [6.45, 7) is 1.60. The Hall–Kier alpha value is -3.27. The maximum atomic E-state index is 13.7. The number of hydrogen-bond acceptors (Lipinski definition) is 6. The van der Waals surface area contributed by atoms with Crippen LogP contribution in [0.5, 0.6) is 11.5 Å². The Balaban J connectivity index is 1.54. The molecule has 0 spiro atoms. The van der Waals surface area contributed by atoms with Crippen LogP contribution in [-0.4, -0.2) is 63.4 Å². The Bertz CT molecular complexity index is 1200. The van der Waals surface area contributed by atoms with E-state index in [-0.39, 0.29) is 25.3 Å². The van der Waals surface area contributed by atoms with Gasteiger partial charge < -0.3 is 19.7 Å². The van der Waals surface area contributed by atoms with Crippen molar-refractivity contribution >= 4 is 27.5 Å². The fraction of sp³-hybridized carbons (Fsp3) is 0.481. The van der Waals surface area contributed by atoms with Crippen molar-refractivity contribution in [1.82, 2.24) is 10.2 Å². The number of fused-ring (bicyclic) bond motifs is 1. The second-order valence-corrected chi connectivity index (χ2v) is 11.6. The molecule has 1 aliphatic carbocycles. The number of sulfonamides is 1. The average molecular weight is 530 g/mol. The molecule has 0 unspecified atom stereocenters.